The lowest BCUT2D eigenvalue weighted by Gasteiger charge is -2.33. The van der Waals surface area contributed by atoms with E-state index in [4.69, 9.17) is 9.26 Å². The normalized spacial score (nSPS) is 17.7. The van der Waals surface area contributed by atoms with E-state index >= 15 is 0 Å². The lowest BCUT2D eigenvalue weighted by molar-refractivity contribution is -0.0213. The Morgan fingerprint density at radius 3 is 2.69 bits per heavy atom. The molecule has 2 heterocycles. The van der Waals surface area contributed by atoms with Crippen LogP contribution in [-0.4, -0.2) is 66.1 Å². The van der Waals surface area contributed by atoms with Crippen LogP contribution in [0.1, 0.15) is 23.0 Å². The summed E-state index contributed by atoms with van der Waals surface area (Å²) in [5.41, 5.74) is 0.687. The van der Waals surface area contributed by atoms with Crippen LogP contribution in [0.15, 0.2) is 34.9 Å². The van der Waals surface area contributed by atoms with Gasteiger partial charge in [0.1, 0.15) is 17.0 Å². The van der Waals surface area contributed by atoms with Gasteiger partial charge < -0.3 is 19.7 Å². The molecule has 0 spiro atoms. The highest BCUT2D eigenvalue weighted by Gasteiger charge is 2.28. The summed E-state index contributed by atoms with van der Waals surface area (Å²) >= 11 is 0. The van der Waals surface area contributed by atoms with Gasteiger partial charge in [0.25, 0.3) is 5.91 Å². The van der Waals surface area contributed by atoms with Gasteiger partial charge in [0.15, 0.2) is 0 Å². The first-order chi connectivity index (χ1) is 12.5. The average molecular weight is 359 g/mol. The molecule has 1 saturated heterocycles. The Hall–Kier alpha value is -2.22. The van der Waals surface area contributed by atoms with E-state index in [1.165, 1.54) is 0 Å². The van der Waals surface area contributed by atoms with E-state index in [1.807, 2.05) is 30.3 Å². The SMILES string of the molecule is Cc1onc(-c2ccccc2)c1C(=O)NC[C@](C)(O)CN1CCOCC1. The van der Waals surface area contributed by atoms with Crippen molar-refractivity contribution >= 4 is 5.91 Å². The molecule has 0 saturated carbocycles. The van der Waals surface area contributed by atoms with Crippen molar-refractivity contribution in [3.05, 3.63) is 41.7 Å². The molecule has 1 amide bonds. The van der Waals surface area contributed by atoms with Gasteiger partial charge in [-0.2, -0.15) is 0 Å². The van der Waals surface area contributed by atoms with Crippen molar-refractivity contribution < 1.29 is 19.2 Å². The van der Waals surface area contributed by atoms with Crippen LogP contribution in [-0.2, 0) is 4.74 Å². The number of aryl methyl sites for hydroxylation is 1. The Bertz CT molecular complexity index is 736. The molecule has 1 aromatic carbocycles. The van der Waals surface area contributed by atoms with E-state index in [0.29, 0.717) is 36.8 Å². The van der Waals surface area contributed by atoms with Gasteiger partial charge in [-0.15, -0.1) is 0 Å². The molecule has 2 aromatic rings. The van der Waals surface area contributed by atoms with Crippen molar-refractivity contribution in [3.63, 3.8) is 0 Å². The molecule has 1 aliphatic heterocycles. The zero-order chi connectivity index (χ0) is 18.6. The number of amides is 1. The van der Waals surface area contributed by atoms with Crippen molar-refractivity contribution in [2.75, 3.05) is 39.4 Å². The number of nitrogens with zero attached hydrogens (tertiary/aromatic N) is 2. The number of morpholine rings is 1. The maximum absolute atomic E-state index is 12.7. The minimum atomic E-state index is -1.04. The molecule has 140 valence electrons. The fourth-order valence-corrected chi connectivity index (χ4v) is 3.09. The molecule has 7 heteroatoms. The van der Waals surface area contributed by atoms with Gasteiger partial charge in [0.05, 0.1) is 18.8 Å². The topological polar surface area (TPSA) is 87.8 Å². The summed E-state index contributed by atoms with van der Waals surface area (Å²) in [6, 6.07) is 9.42. The third-order valence-electron chi connectivity index (χ3n) is 4.43. The van der Waals surface area contributed by atoms with Crippen molar-refractivity contribution in [2.24, 2.45) is 0 Å². The lowest BCUT2D eigenvalue weighted by atomic mass is 10.0. The van der Waals surface area contributed by atoms with Gasteiger partial charge in [-0.3, -0.25) is 9.69 Å². The van der Waals surface area contributed by atoms with Crippen LogP contribution in [0, 0.1) is 6.92 Å². The van der Waals surface area contributed by atoms with Crippen LogP contribution in [0.5, 0.6) is 0 Å². The highest BCUT2D eigenvalue weighted by Crippen LogP contribution is 2.25. The Kier molecular flexibility index (Phi) is 5.70. The van der Waals surface area contributed by atoms with Crippen molar-refractivity contribution in [1.82, 2.24) is 15.4 Å². The smallest absolute Gasteiger partial charge is 0.257 e. The molecular formula is C19H25N3O4. The van der Waals surface area contributed by atoms with Crippen molar-refractivity contribution in [3.8, 4) is 11.3 Å². The predicted molar refractivity (Wildman–Crippen MR) is 96.9 cm³/mol. The summed E-state index contributed by atoms with van der Waals surface area (Å²) in [6.45, 7) is 6.96. The Morgan fingerprint density at radius 1 is 1.31 bits per heavy atom. The molecule has 1 aromatic heterocycles. The quantitative estimate of drug-likeness (QED) is 0.812. The third-order valence-corrected chi connectivity index (χ3v) is 4.43. The van der Waals surface area contributed by atoms with E-state index in [-0.39, 0.29) is 12.5 Å². The van der Waals surface area contributed by atoms with Gasteiger partial charge in [-0.25, -0.2) is 0 Å². The molecule has 7 nitrogen and oxygen atoms in total. The maximum Gasteiger partial charge on any atom is 0.257 e. The molecule has 0 bridgehead atoms. The molecular weight excluding hydrogens is 334 g/mol. The Labute approximate surface area is 152 Å². The number of hydrogen-bond acceptors (Lipinski definition) is 6. The van der Waals surface area contributed by atoms with Crippen molar-refractivity contribution in [2.45, 2.75) is 19.4 Å². The number of benzene rings is 1. The number of nitrogens with one attached hydrogen (secondary N) is 1. The standard InChI is InChI=1S/C19H25N3O4/c1-14-16(17(21-26-14)15-6-4-3-5-7-15)18(23)20-12-19(2,24)13-22-8-10-25-11-9-22/h3-7,24H,8-13H2,1-2H3,(H,20,23)/t19-/m0/s1. The second-order valence-corrected chi connectivity index (χ2v) is 6.90. The van der Waals surface area contributed by atoms with Gasteiger partial charge >= 0.3 is 0 Å². The summed E-state index contributed by atoms with van der Waals surface area (Å²) < 4.78 is 10.5. The number of rotatable bonds is 6. The second kappa shape index (κ2) is 7.99. The number of carbonyl (C=O) groups is 1. The van der Waals surface area contributed by atoms with E-state index in [1.54, 1.807) is 13.8 Å². The molecule has 1 aliphatic rings. The third kappa shape index (κ3) is 4.49. The summed E-state index contributed by atoms with van der Waals surface area (Å²) in [4.78, 5) is 14.8. The van der Waals surface area contributed by atoms with Gasteiger partial charge in [-0.05, 0) is 13.8 Å². The first-order valence-electron chi connectivity index (χ1n) is 8.79. The summed E-state index contributed by atoms with van der Waals surface area (Å²) in [5, 5.41) is 17.5. The molecule has 1 atom stereocenters. The average Bonchev–Trinajstić information content (AvgIpc) is 3.03. The maximum atomic E-state index is 12.7. The van der Waals surface area contributed by atoms with E-state index in [2.05, 4.69) is 15.4 Å². The van der Waals surface area contributed by atoms with Crippen LogP contribution < -0.4 is 5.32 Å². The van der Waals surface area contributed by atoms with Crippen LogP contribution in [0.25, 0.3) is 11.3 Å². The summed E-state index contributed by atoms with van der Waals surface area (Å²) in [5.74, 6) is 0.152. The fraction of sp³-hybridized carbons (Fsp3) is 0.474. The van der Waals surface area contributed by atoms with Crippen LogP contribution in [0.2, 0.25) is 0 Å². The second-order valence-electron chi connectivity index (χ2n) is 6.90. The molecule has 1 fully saturated rings. The van der Waals surface area contributed by atoms with E-state index in [0.717, 1.165) is 18.7 Å². The first-order valence-corrected chi connectivity index (χ1v) is 8.79. The monoisotopic (exact) mass is 359 g/mol. The van der Waals surface area contributed by atoms with Gasteiger partial charge in [0.2, 0.25) is 0 Å². The summed E-state index contributed by atoms with van der Waals surface area (Å²) in [7, 11) is 0. The molecule has 2 N–H and O–H groups in total. The molecule has 3 rings (SSSR count). The predicted octanol–water partition coefficient (Wildman–Crippen LogP) is 1.46. The van der Waals surface area contributed by atoms with Crippen LogP contribution in [0.3, 0.4) is 0 Å². The Balaban J connectivity index is 1.66. The van der Waals surface area contributed by atoms with Crippen molar-refractivity contribution in [1.29, 1.82) is 0 Å². The first kappa shape index (κ1) is 18.6. The van der Waals surface area contributed by atoms with Gasteiger partial charge in [-0.1, -0.05) is 35.5 Å². The molecule has 0 radical (unpaired) electrons. The molecule has 0 unspecified atom stereocenters. The van der Waals surface area contributed by atoms with E-state index < -0.39 is 5.60 Å². The number of ether oxygens (including phenoxy) is 1. The lowest BCUT2D eigenvalue weighted by Crippen LogP contribution is -2.51. The zero-order valence-corrected chi connectivity index (χ0v) is 15.2. The minimum absolute atomic E-state index is 0.141. The number of hydrogen-bond donors (Lipinski definition) is 2. The fourth-order valence-electron chi connectivity index (χ4n) is 3.09. The van der Waals surface area contributed by atoms with Gasteiger partial charge in [0, 0.05) is 31.7 Å². The number of carbonyl (C=O) groups excluding carboxylic acids is 1. The number of aliphatic hydroxyl groups is 1. The highest BCUT2D eigenvalue weighted by molar-refractivity contribution is 6.00. The summed E-state index contributed by atoms with van der Waals surface area (Å²) in [6.07, 6.45) is 0. The largest absolute Gasteiger partial charge is 0.387 e. The van der Waals surface area contributed by atoms with Crippen LogP contribution >= 0.6 is 0 Å². The zero-order valence-electron chi connectivity index (χ0n) is 15.2. The highest BCUT2D eigenvalue weighted by atomic mass is 16.5. The number of β-amino-alcohol motifs (C(OH)–C–C–N with tert-alkyl or cyclic N) is 1. The molecule has 26 heavy (non-hydrogen) atoms. The minimum Gasteiger partial charge on any atom is -0.387 e. The Morgan fingerprint density at radius 2 is 2.00 bits per heavy atom. The number of aromatic nitrogens is 1. The van der Waals surface area contributed by atoms with Crippen LogP contribution in [0.4, 0.5) is 0 Å². The van der Waals surface area contributed by atoms with E-state index in [9.17, 15) is 9.90 Å². The molecule has 0 aliphatic carbocycles.